The summed E-state index contributed by atoms with van der Waals surface area (Å²) in [6, 6.07) is 0.510. The minimum absolute atomic E-state index is 0.421. The highest BCUT2D eigenvalue weighted by Crippen LogP contribution is 2.16. The fourth-order valence-electron chi connectivity index (χ4n) is 2.45. The molecule has 0 fully saturated rings. The Labute approximate surface area is 137 Å². The molecule has 6 heteroatoms. The van der Waals surface area contributed by atoms with Gasteiger partial charge >= 0.3 is 5.97 Å². The molecule has 0 aromatic carbocycles. The molecule has 0 amide bonds. The molecule has 1 atom stereocenters. The Kier molecular flexibility index (Phi) is 7.81. The summed E-state index contributed by atoms with van der Waals surface area (Å²) in [4.78, 5) is 25.3. The summed E-state index contributed by atoms with van der Waals surface area (Å²) in [5, 5.41) is 18.9. The monoisotopic (exact) mass is 324 g/mol. The van der Waals surface area contributed by atoms with Crippen molar-refractivity contribution in [2.75, 3.05) is 13.1 Å². The first-order chi connectivity index (χ1) is 10.9. The molecular weight excluding hydrogens is 296 g/mol. The van der Waals surface area contributed by atoms with Gasteiger partial charge in [-0.25, -0.2) is 4.79 Å². The maximum atomic E-state index is 11.8. The van der Waals surface area contributed by atoms with Crippen molar-refractivity contribution in [3.63, 3.8) is 0 Å². The molecule has 0 saturated heterocycles. The number of carboxylic acid groups (broad SMARTS) is 1. The Morgan fingerprint density at radius 2 is 1.83 bits per heavy atom. The number of nitrogens with zero attached hydrogens (tertiary/aromatic N) is 2. The van der Waals surface area contributed by atoms with E-state index in [1.54, 1.807) is 0 Å². The molecule has 0 aliphatic carbocycles. The van der Waals surface area contributed by atoms with E-state index in [2.05, 4.69) is 18.7 Å². The number of aromatic nitrogens is 1. The fraction of sp³-hybridized carbons (Fsp3) is 0.647. The van der Waals surface area contributed by atoms with E-state index in [4.69, 9.17) is 0 Å². The molecule has 1 unspecified atom stereocenters. The predicted molar refractivity (Wildman–Crippen MR) is 89.8 cm³/mol. The van der Waals surface area contributed by atoms with Gasteiger partial charge in [-0.2, -0.15) is 0 Å². The van der Waals surface area contributed by atoms with E-state index in [-0.39, 0.29) is 0 Å². The number of unbranched alkanes of at least 4 members (excludes halogenated alkanes) is 2. The van der Waals surface area contributed by atoms with E-state index in [0.717, 1.165) is 38.8 Å². The van der Waals surface area contributed by atoms with Crippen LogP contribution >= 0.6 is 0 Å². The lowest BCUT2D eigenvalue weighted by Gasteiger charge is -2.25. The number of rotatable bonds is 10. The molecule has 0 bridgehead atoms. The third-order valence-corrected chi connectivity index (χ3v) is 3.96. The van der Waals surface area contributed by atoms with E-state index in [9.17, 15) is 19.8 Å². The molecule has 23 heavy (non-hydrogen) atoms. The third kappa shape index (κ3) is 5.71. The number of hydrogen-bond acceptors (Lipinski definition) is 4. The lowest BCUT2D eigenvalue weighted by atomic mass is 10.2. The van der Waals surface area contributed by atoms with E-state index < -0.39 is 23.2 Å². The van der Waals surface area contributed by atoms with Crippen molar-refractivity contribution in [3.05, 3.63) is 28.2 Å². The van der Waals surface area contributed by atoms with Crippen LogP contribution in [0.15, 0.2) is 17.1 Å². The van der Waals surface area contributed by atoms with Crippen LogP contribution in [0.4, 0.5) is 0 Å². The number of carboxylic acids is 1. The molecule has 0 aliphatic rings. The van der Waals surface area contributed by atoms with Crippen LogP contribution in [-0.4, -0.2) is 38.7 Å². The fourth-order valence-corrected chi connectivity index (χ4v) is 2.45. The van der Waals surface area contributed by atoms with Gasteiger partial charge in [0.25, 0.3) is 0 Å². The van der Waals surface area contributed by atoms with Crippen molar-refractivity contribution in [3.8, 4) is 5.75 Å². The first-order valence-electron chi connectivity index (χ1n) is 8.29. The predicted octanol–water partition coefficient (Wildman–Crippen LogP) is 2.60. The van der Waals surface area contributed by atoms with E-state index in [1.165, 1.54) is 23.8 Å². The molecule has 0 radical (unpaired) electrons. The number of aliphatic carboxylic acids is 1. The van der Waals surface area contributed by atoms with Gasteiger partial charge in [0.1, 0.15) is 6.04 Å². The van der Waals surface area contributed by atoms with E-state index >= 15 is 0 Å². The topological polar surface area (TPSA) is 82.8 Å². The van der Waals surface area contributed by atoms with Crippen molar-refractivity contribution >= 4 is 5.97 Å². The van der Waals surface area contributed by atoms with Crippen LogP contribution in [-0.2, 0) is 11.3 Å². The van der Waals surface area contributed by atoms with Gasteiger partial charge in [-0.1, -0.05) is 26.7 Å². The Bertz CT molecular complexity index is 560. The highest BCUT2D eigenvalue weighted by molar-refractivity contribution is 5.71. The average molecular weight is 324 g/mol. The quantitative estimate of drug-likeness (QED) is 0.691. The molecule has 1 rings (SSSR count). The van der Waals surface area contributed by atoms with Crippen molar-refractivity contribution in [1.82, 2.24) is 9.47 Å². The maximum absolute atomic E-state index is 11.8. The molecule has 1 heterocycles. The van der Waals surface area contributed by atoms with E-state index in [0.29, 0.717) is 12.2 Å². The molecule has 1 aromatic heterocycles. The average Bonchev–Trinajstić information content (AvgIpc) is 2.52. The van der Waals surface area contributed by atoms with Gasteiger partial charge < -0.3 is 14.8 Å². The molecular formula is C17H28N2O4. The van der Waals surface area contributed by atoms with Crippen LogP contribution in [0.5, 0.6) is 5.75 Å². The van der Waals surface area contributed by atoms with Crippen LogP contribution in [0.2, 0.25) is 0 Å². The van der Waals surface area contributed by atoms with Gasteiger partial charge in [-0.3, -0.25) is 9.69 Å². The summed E-state index contributed by atoms with van der Waals surface area (Å²) >= 11 is 0. The lowest BCUT2D eigenvalue weighted by molar-refractivity contribution is -0.140. The number of aromatic hydroxyl groups is 1. The van der Waals surface area contributed by atoms with Crippen molar-refractivity contribution < 1.29 is 15.0 Å². The number of hydrogen-bond donors (Lipinski definition) is 2. The summed E-state index contributed by atoms with van der Waals surface area (Å²) in [5.41, 5.74) is 0.148. The SMILES string of the molecule is CCCCN(CCCC)Cc1cc(=O)c(O)cn1C(C)C(=O)O. The zero-order valence-electron chi connectivity index (χ0n) is 14.3. The van der Waals surface area contributed by atoms with Crippen LogP contribution in [0.25, 0.3) is 0 Å². The number of pyridine rings is 1. The highest BCUT2D eigenvalue weighted by Gasteiger charge is 2.18. The van der Waals surface area contributed by atoms with Gasteiger partial charge in [0, 0.05) is 18.3 Å². The summed E-state index contributed by atoms with van der Waals surface area (Å²) in [5.74, 6) is -1.42. The van der Waals surface area contributed by atoms with Gasteiger partial charge in [-0.05, 0) is 32.9 Å². The molecule has 0 spiro atoms. The highest BCUT2D eigenvalue weighted by atomic mass is 16.4. The van der Waals surface area contributed by atoms with Crippen molar-refractivity contribution in [2.45, 2.75) is 59.0 Å². The summed E-state index contributed by atoms with van der Waals surface area (Å²) in [6.07, 6.45) is 5.50. The second-order valence-electron chi connectivity index (χ2n) is 5.92. The third-order valence-electron chi connectivity index (χ3n) is 3.96. The minimum Gasteiger partial charge on any atom is -0.503 e. The van der Waals surface area contributed by atoms with Crippen molar-refractivity contribution in [2.24, 2.45) is 0 Å². The zero-order chi connectivity index (χ0) is 17.4. The normalized spacial score (nSPS) is 12.5. The molecule has 130 valence electrons. The molecule has 0 saturated carbocycles. The zero-order valence-corrected chi connectivity index (χ0v) is 14.3. The van der Waals surface area contributed by atoms with Gasteiger partial charge in [0.15, 0.2) is 5.75 Å². The first kappa shape index (κ1) is 19.2. The largest absolute Gasteiger partial charge is 0.503 e. The second-order valence-corrected chi connectivity index (χ2v) is 5.92. The van der Waals surface area contributed by atoms with E-state index in [1.807, 2.05) is 0 Å². The van der Waals surface area contributed by atoms with Crippen LogP contribution in [0.3, 0.4) is 0 Å². The maximum Gasteiger partial charge on any atom is 0.326 e. The van der Waals surface area contributed by atoms with Crippen LogP contribution in [0, 0.1) is 0 Å². The van der Waals surface area contributed by atoms with Gasteiger partial charge in [-0.15, -0.1) is 0 Å². The Morgan fingerprint density at radius 3 is 2.30 bits per heavy atom. The van der Waals surface area contributed by atoms with Crippen molar-refractivity contribution in [1.29, 1.82) is 0 Å². The Hall–Kier alpha value is -1.82. The first-order valence-corrected chi connectivity index (χ1v) is 8.29. The molecule has 2 N–H and O–H groups in total. The minimum atomic E-state index is -0.997. The van der Waals surface area contributed by atoms with Gasteiger partial charge in [0.2, 0.25) is 5.43 Å². The Morgan fingerprint density at radius 1 is 1.26 bits per heavy atom. The summed E-state index contributed by atoms with van der Waals surface area (Å²) in [6.45, 7) is 8.12. The summed E-state index contributed by atoms with van der Waals surface area (Å²) < 4.78 is 1.48. The standard InChI is InChI=1S/C17H28N2O4/c1-4-6-8-18(9-7-5-2)11-14-10-15(20)16(21)12-19(14)13(3)17(22)23/h10,12-13,21H,4-9,11H2,1-3H3,(H,22,23). The second kappa shape index (κ2) is 9.35. The van der Waals surface area contributed by atoms with Crippen LogP contribution < -0.4 is 5.43 Å². The molecule has 6 nitrogen and oxygen atoms in total. The molecule has 0 aliphatic heterocycles. The number of carbonyl (C=O) groups is 1. The van der Waals surface area contributed by atoms with Gasteiger partial charge in [0.05, 0.1) is 6.20 Å². The Balaban J connectivity index is 3.09. The van der Waals surface area contributed by atoms with Crippen LogP contribution in [0.1, 0.15) is 58.2 Å². The molecule has 1 aromatic rings. The summed E-state index contributed by atoms with van der Waals surface area (Å²) in [7, 11) is 0. The lowest BCUT2D eigenvalue weighted by Crippen LogP contribution is -2.30. The smallest absolute Gasteiger partial charge is 0.326 e.